The summed E-state index contributed by atoms with van der Waals surface area (Å²) < 4.78 is 7.32. The first-order chi connectivity index (χ1) is 13.7. The van der Waals surface area contributed by atoms with Crippen LogP contribution in [0.15, 0.2) is 59.9 Å². The minimum absolute atomic E-state index is 0.220. The number of amides is 2. The monoisotopic (exact) mass is 394 g/mol. The molecule has 3 aromatic rings. The maximum atomic E-state index is 12.4. The van der Waals surface area contributed by atoms with Crippen molar-refractivity contribution in [2.24, 2.45) is 0 Å². The number of methoxy groups -OCH3 is 1. The average Bonchev–Trinajstić information content (AvgIpc) is 3.31. The number of benzene rings is 2. The van der Waals surface area contributed by atoms with Crippen molar-refractivity contribution in [1.82, 2.24) is 14.9 Å². The molecule has 0 fully saturated rings. The standard InChI is InChI=1S/C21H22N4O2S/c1-27-16-8-6-15(7-9-16)10-11-22-20(26)23-18-5-3-2-4-17(18)19-14-25-12-13-28-21(25)24-19/h2-9,14H,10-13H2,1H3,(H2,22,23,26). The van der Waals surface area contributed by atoms with E-state index >= 15 is 0 Å². The van der Waals surface area contributed by atoms with E-state index in [2.05, 4.69) is 26.4 Å². The fourth-order valence-electron chi connectivity index (χ4n) is 3.13. The highest BCUT2D eigenvalue weighted by atomic mass is 32.2. The minimum Gasteiger partial charge on any atom is -0.497 e. The first-order valence-corrected chi connectivity index (χ1v) is 10.2. The molecule has 2 heterocycles. The van der Waals surface area contributed by atoms with Gasteiger partial charge in [0.25, 0.3) is 0 Å². The summed E-state index contributed by atoms with van der Waals surface area (Å²) in [6.45, 7) is 1.53. The Labute approximate surface area is 168 Å². The smallest absolute Gasteiger partial charge is 0.319 e. The molecule has 144 valence electrons. The molecule has 2 amide bonds. The number of urea groups is 1. The van der Waals surface area contributed by atoms with E-state index in [9.17, 15) is 4.79 Å². The fourth-order valence-corrected chi connectivity index (χ4v) is 4.08. The summed E-state index contributed by atoms with van der Waals surface area (Å²) in [4.78, 5) is 17.0. The second kappa shape index (κ2) is 8.39. The summed E-state index contributed by atoms with van der Waals surface area (Å²) in [6, 6.07) is 15.4. The number of carbonyl (C=O) groups excluding carboxylic acids is 1. The molecule has 0 radical (unpaired) electrons. The van der Waals surface area contributed by atoms with Crippen molar-refractivity contribution in [3.05, 3.63) is 60.3 Å². The third-order valence-corrected chi connectivity index (χ3v) is 5.58. The molecule has 4 rings (SSSR count). The zero-order valence-corrected chi connectivity index (χ0v) is 16.5. The van der Waals surface area contributed by atoms with Crippen LogP contribution >= 0.6 is 11.8 Å². The van der Waals surface area contributed by atoms with Crippen LogP contribution in [0, 0.1) is 0 Å². The lowest BCUT2D eigenvalue weighted by atomic mass is 10.1. The largest absolute Gasteiger partial charge is 0.497 e. The van der Waals surface area contributed by atoms with Crippen LogP contribution in [-0.2, 0) is 13.0 Å². The number of fused-ring (bicyclic) bond motifs is 1. The van der Waals surface area contributed by atoms with Crippen molar-refractivity contribution in [2.75, 3.05) is 24.7 Å². The number of imidazole rings is 1. The topological polar surface area (TPSA) is 68.2 Å². The van der Waals surface area contributed by atoms with Crippen molar-refractivity contribution in [1.29, 1.82) is 0 Å². The Bertz CT molecular complexity index is 947. The van der Waals surface area contributed by atoms with Crippen molar-refractivity contribution in [3.63, 3.8) is 0 Å². The Kier molecular flexibility index (Phi) is 5.53. The van der Waals surface area contributed by atoms with E-state index in [1.807, 2.05) is 48.5 Å². The van der Waals surface area contributed by atoms with Gasteiger partial charge in [-0.3, -0.25) is 0 Å². The van der Waals surface area contributed by atoms with Crippen molar-refractivity contribution < 1.29 is 9.53 Å². The van der Waals surface area contributed by atoms with Crippen LogP contribution < -0.4 is 15.4 Å². The van der Waals surface area contributed by atoms with E-state index in [1.54, 1.807) is 18.9 Å². The van der Waals surface area contributed by atoms with Gasteiger partial charge in [0.15, 0.2) is 5.16 Å². The van der Waals surface area contributed by atoms with E-state index in [4.69, 9.17) is 4.74 Å². The lowest BCUT2D eigenvalue weighted by Crippen LogP contribution is -2.30. The SMILES string of the molecule is COc1ccc(CCNC(=O)Nc2ccccc2-c2cn3c(n2)SCC3)cc1. The number of ether oxygens (including phenoxy) is 1. The molecule has 28 heavy (non-hydrogen) atoms. The number of thioether (sulfide) groups is 1. The Hall–Kier alpha value is -2.93. The van der Waals surface area contributed by atoms with E-state index in [-0.39, 0.29) is 6.03 Å². The number of aromatic nitrogens is 2. The number of hydrogen-bond acceptors (Lipinski definition) is 4. The van der Waals surface area contributed by atoms with Crippen LogP contribution in [-0.4, -0.2) is 35.0 Å². The third-order valence-electron chi connectivity index (χ3n) is 4.61. The lowest BCUT2D eigenvalue weighted by molar-refractivity contribution is 0.252. The molecule has 0 bridgehead atoms. The van der Waals surface area contributed by atoms with Crippen LogP contribution in [0.5, 0.6) is 5.75 Å². The summed E-state index contributed by atoms with van der Waals surface area (Å²) in [6.07, 6.45) is 2.81. The first kappa shape index (κ1) is 18.4. The number of carbonyl (C=O) groups is 1. The molecule has 0 saturated carbocycles. The number of hydrogen-bond donors (Lipinski definition) is 2. The number of nitrogens with one attached hydrogen (secondary N) is 2. The van der Waals surface area contributed by atoms with Crippen LogP contribution in [0.25, 0.3) is 11.3 Å². The van der Waals surface area contributed by atoms with Gasteiger partial charge >= 0.3 is 6.03 Å². The van der Waals surface area contributed by atoms with Crippen molar-refractivity contribution in [3.8, 4) is 17.0 Å². The van der Waals surface area contributed by atoms with Gasteiger partial charge in [-0.05, 0) is 30.2 Å². The van der Waals surface area contributed by atoms with E-state index in [1.165, 1.54) is 0 Å². The van der Waals surface area contributed by atoms with Gasteiger partial charge in [0.1, 0.15) is 5.75 Å². The molecule has 6 nitrogen and oxygen atoms in total. The highest BCUT2D eigenvalue weighted by molar-refractivity contribution is 7.99. The van der Waals surface area contributed by atoms with Gasteiger partial charge in [0.05, 0.1) is 18.5 Å². The van der Waals surface area contributed by atoms with Gasteiger partial charge in [-0.2, -0.15) is 0 Å². The Morgan fingerprint density at radius 1 is 1.21 bits per heavy atom. The van der Waals surface area contributed by atoms with Crippen LogP contribution in [0.1, 0.15) is 5.56 Å². The number of para-hydroxylation sites is 1. The quantitative estimate of drug-likeness (QED) is 0.662. The molecule has 0 spiro atoms. The van der Waals surface area contributed by atoms with Gasteiger partial charge in [-0.1, -0.05) is 42.1 Å². The van der Waals surface area contributed by atoms with E-state index < -0.39 is 0 Å². The average molecular weight is 395 g/mol. The summed E-state index contributed by atoms with van der Waals surface area (Å²) >= 11 is 1.76. The molecule has 1 aliphatic heterocycles. The number of rotatable bonds is 6. The van der Waals surface area contributed by atoms with Crippen molar-refractivity contribution in [2.45, 2.75) is 18.1 Å². The fraction of sp³-hybridized carbons (Fsp3) is 0.238. The normalized spacial score (nSPS) is 12.5. The number of nitrogens with zero attached hydrogens (tertiary/aromatic N) is 2. The van der Waals surface area contributed by atoms with Gasteiger partial charge in [-0.25, -0.2) is 9.78 Å². The predicted molar refractivity (Wildman–Crippen MR) is 112 cm³/mol. The first-order valence-electron chi connectivity index (χ1n) is 9.20. The molecule has 1 aliphatic rings. The molecule has 0 atom stereocenters. The molecule has 2 aromatic carbocycles. The second-order valence-corrected chi connectivity index (χ2v) is 7.54. The Morgan fingerprint density at radius 2 is 2.04 bits per heavy atom. The van der Waals surface area contributed by atoms with E-state index in [0.717, 1.165) is 52.1 Å². The molecule has 2 N–H and O–H groups in total. The predicted octanol–water partition coefficient (Wildman–Crippen LogP) is 4.03. The van der Waals surface area contributed by atoms with Gasteiger partial charge in [-0.15, -0.1) is 0 Å². The van der Waals surface area contributed by atoms with Gasteiger partial charge in [0, 0.05) is 30.6 Å². The molecule has 1 aromatic heterocycles. The van der Waals surface area contributed by atoms with Gasteiger partial charge in [0.2, 0.25) is 0 Å². The van der Waals surface area contributed by atoms with E-state index in [0.29, 0.717) is 6.54 Å². The lowest BCUT2D eigenvalue weighted by Gasteiger charge is -2.11. The van der Waals surface area contributed by atoms with Crippen LogP contribution in [0.4, 0.5) is 10.5 Å². The Morgan fingerprint density at radius 3 is 2.82 bits per heavy atom. The number of anilines is 1. The van der Waals surface area contributed by atoms with Crippen LogP contribution in [0.3, 0.4) is 0 Å². The summed E-state index contributed by atoms with van der Waals surface area (Å²) in [5, 5.41) is 6.90. The summed E-state index contributed by atoms with van der Waals surface area (Å²) in [7, 11) is 1.65. The van der Waals surface area contributed by atoms with Crippen molar-refractivity contribution >= 4 is 23.5 Å². The zero-order chi connectivity index (χ0) is 19.3. The van der Waals surface area contributed by atoms with Gasteiger partial charge < -0.3 is 19.9 Å². The highest BCUT2D eigenvalue weighted by Gasteiger charge is 2.17. The molecule has 0 aliphatic carbocycles. The highest BCUT2D eigenvalue weighted by Crippen LogP contribution is 2.32. The molecule has 7 heteroatoms. The minimum atomic E-state index is -0.220. The van der Waals surface area contributed by atoms with Crippen LogP contribution in [0.2, 0.25) is 0 Å². The summed E-state index contributed by atoms with van der Waals surface area (Å²) in [5.41, 5.74) is 3.71. The Balaban J connectivity index is 1.36. The maximum absolute atomic E-state index is 12.4. The molecular formula is C21H22N4O2S. The maximum Gasteiger partial charge on any atom is 0.319 e. The second-order valence-electron chi connectivity index (χ2n) is 6.48. The summed E-state index contributed by atoms with van der Waals surface area (Å²) in [5.74, 6) is 1.90. The zero-order valence-electron chi connectivity index (χ0n) is 15.6. The molecular weight excluding hydrogens is 372 g/mol. The molecule has 0 unspecified atom stereocenters. The molecule has 0 saturated heterocycles. The third kappa shape index (κ3) is 4.14. The number of aryl methyl sites for hydroxylation is 1.